The smallest absolute Gasteiger partial charge is 0.123 e. The molecule has 11 heavy (non-hydrogen) atoms. The van der Waals surface area contributed by atoms with E-state index in [9.17, 15) is 4.39 Å². The van der Waals surface area contributed by atoms with Crippen molar-refractivity contribution < 1.29 is 4.39 Å². The van der Waals surface area contributed by atoms with Gasteiger partial charge in [-0.2, -0.15) is 0 Å². The Hall–Kier alpha value is -1.06. The van der Waals surface area contributed by atoms with Crippen LogP contribution in [-0.4, -0.2) is 0 Å². The molecule has 1 aromatic carbocycles. The molecule has 0 aliphatic carbocycles. The highest BCUT2D eigenvalue weighted by molar-refractivity contribution is 9.10. The third-order valence-electron chi connectivity index (χ3n) is 1.06. The molecule has 0 unspecified atom stereocenters. The molecule has 0 saturated carbocycles. The van der Waals surface area contributed by atoms with Gasteiger partial charge >= 0.3 is 0 Å². The van der Waals surface area contributed by atoms with Crippen molar-refractivity contribution in [3.05, 3.63) is 38.9 Å². The maximum atomic E-state index is 12.5. The van der Waals surface area contributed by atoms with Crippen LogP contribution in [0, 0.1) is 5.82 Å². The van der Waals surface area contributed by atoms with Gasteiger partial charge in [-0.3, -0.25) is 0 Å². The highest BCUT2D eigenvalue weighted by atomic mass is 79.9. The Kier molecular flexibility index (Phi) is 2.46. The van der Waals surface area contributed by atoms with Crippen LogP contribution in [0.15, 0.2) is 27.8 Å². The van der Waals surface area contributed by atoms with Gasteiger partial charge in [0.25, 0.3) is 0 Å². The SMILES string of the molecule is [N-]=[N+]=Nc1cc(F)ccc1Br. The first kappa shape index (κ1) is 8.04. The van der Waals surface area contributed by atoms with Gasteiger partial charge in [0.15, 0.2) is 0 Å². The van der Waals surface area contributed by atoms with Crippen molar-refractivity contribution in [3.8, 4) is 0 Å². The van der Waals surface area contributed by atoms with Crippen molar-refractivity contribution in [2.75, 3.05) is 0 Å². The van der Waals surface area contributed by atoms with Gasteiger partial charge in [0.2, 0.25) is 0 Å². The highest BCUT2D eigenvalue weighted by Gasteiger charge is 1.97. The van der Waals surface area contributed by atoms with Crippen molar-refractivity contribution >= 4 is 21.6 Å². The number of benzene rings is 1. The Morgan fingerprint density at radius 2 is 2.27 bits per heavy atom. The molecule has 1 aromatic rings. The molecule has 0 bridgehead atoms. The van der Waals surface area contributed by atoms with Gasteiger partial charge in [0, 0.05) is 9.38 Å². The monoisotopic (exact) mass is 215 g/mol. The van der Waals surface area contributed by atoms with Crippen molar-refractivity contribution in [1.82, 2.24) is 0 Å². The van der Waals surface area contributed by atoms with Gasteiger partial charge in [-0.1, -0.05) is 21.0 Å². The first-order valence-corrected chi connectivity index (χ1v) is 3.53. The number of hydrogen-bond donors (Lipinski definition) is 0. The van der Waals surface area contributed by atoms with Crippen molar-refractivity contribution in [2.45, 2.75) is 0 Å². The van der Waals surface area contributed by atoms with E-state index in [1.165, 1.54) is 12.1 Å². The molecular weight excluding hydrogens is 213 g/mol. The van der Waals surface area contributed by atoms with Gasteiger partial charge in [-0.25, -0.2) is 4.39 Å². The lowest BCUT2D eigenvalue weighted by Gasteiger charge is -1.94. The van der Waals surface area contributed by atoms with E-state index < -0.39 is 5.82 Å². The van der Waals surface area contributed by atoms with Gasteiger partial charge in [-0.15, -0.1) is 0 Å². The second-order valence-electron chi connectivity index (χ2n) is 1.79. The molecule has 0 radical (unpaired) electrons. The summed E-state index contributed by atoms with van der Waals surface area (Å²) in [6.07, 6.45) is 0. The number of nitrogens with zero attached hydrogens (tertiary/aromatic N) is 3. The number of azide groups is 1. The molecule has 0 aliphatic heterocycles. The quantitative estimate of drug-likeness (QED) is 0.391. The molecule has 0 atom stereocenters. The van der Waals surface area contributed by atoms with Crippen molar-refractivity contribution in [2.24, 2.45) is 5.11 Å². The molecular formula is C6H3BrFN3. The van der Waals surface area contributed by atoms with Crippen molar-refractivity contribution in [3.63, 3.8) is 0 Å². The average molecular weight is 216 g/mol. The number of halogens is 2. The molecule has 0 N–H and O–H groups in total. The normalized spacial score (nSPS) is 8.91. The van der Waals surface area contributed by atoms with Crippen LogP contribution >= 0.6 is 15.9 Å². The zero-order valence-corrected chi connectivity index (χ0v) is 6.92. The van der Waals surface area contributed by atoms with Crippen LogP contribution in [0.25, 0.3) is 10.4 Å². The number of rotatable bonds is 1. The maximum absolute atomic E-state index is 12.5. The fourth-order valence-electron chi connectivity index (χ4n) is 0.611. The van der Waals surface area contributed by atoms with Crippen LogP contribution < -0.4 is 0 Å². The molecule has 5 heteroatoms. The molecule has 0 heterocycles. The van der Waals surface area contributed by atoms with Crippen LogP contribution in [0.5, 0.6) is 0 Å². The predicted octanol–water partition coefficient (Wildman–Crippen LogP) is 3.53. The fraction of sp³-hybridized carbons (Fsp3) is 0. The average Bonchev–Trinajstić information content (AvgIpc) is 1.98. The minimum atomic E-state index is -0.421. The largest absolute Gasteiger partial charge is 0.207 e. The van der Waals surface area contributed by atoms with Gasteiger partial charge < -0.3 is 0 Å². The lowest BCUT2D eigenvalue weighted by Crippen LogP contribution is -1.72. The number of hydrogen-bond acceptors (Lipinski definition) is 1. The minimum absolute atomic E-state index is 0.257. The summed E-state index contributed by atoms with van der Waals surface area (Å²) in [6, 6.07) is 3.92. The molecule has 0 saturated heterocycles. The third-order valence-corrected chi connectivity index (χ3v) is 1.73. The fourth-order valence-corrected chi connectivity index (χ4v) is 0.937. The van der Waals surface area contributed by atoms with E-state index in [-0.39, 0.29) is 5.69 Å². The van der Waals surface area contributed by atoms with E-state index in [0.29, 0.717) is 4.47 Å². The lowest BCUT2D eigenvalue weighted by molar-refractivity contribution is 0.628. The zero-order valence-electron chi connectivity index (χ0n) is 5.33. The van der Waals surface area contributed by atoms with Gasteiger partial charge in [-0.05, 0) is 23.7 Å². The second-order valence-corrected chi connectivity index (χ2v) is 2.64. The van der Waals surface area contributed by atoms with Gasteiger partial charge in [0.1, 0.15) is 5.82 Å². The Morgan fingerprint density at radius 3 is 2.91 bits per heavy atom. The highest BCUT2D eigenvalue weighted by Crippen LogP contribution is 2.25. The topological polar surface area (TPSA) is 48.8 Å². The molecule has 0 fully saturated rings. The summed E-state index contributed by atoms with van der Waals surface area (Å²) in [4.78, 5) is 2.54. The van der Waals surface area contributed by atoms with Crippen LogP contribution in [0.2, 0.25) is 0 Å². The summed E-state index contributed by atoms with van der Waals surface area (Å²) in [5.74, 6) is -0.421. The van der Waals surface area contributed by atoms with Crippen LogP contribution in [0.1, 0.15) is 0 Å². The molecule has 0 spiro atoms. The third kappa shape index (κ3) is 1.93. The summed E-state index contributed by atoms with van der Waals surface area (Å²) in [6.45, 7) is 0. The standard InChI is InChI=1S/C6H3BrFN3/c7-5-2-1-4(8)3-6(5)10-11-9/h1-3H. The van der Waals surface area contributed by atoms with Crippen molar-refractivity contribution in [1.29, 1.82) is 0 Å². The van der Waals surface area contributed by atoms with E-state index in [1.54, 1.807) is 0 Å². The summed E-state index contributed by atoms with van der Waals surface area (Å²) >= 11 is 3.10. The summed E-state index contributed by atoms with van der Waals surface area (Å²) < 4.78 is 13.0. The summed E-state index contributed by atoms with van der Waals surface area (Å²) in [5.41, 5.74) is 8.31. The van der Waals surface area contributed by atoms with E-state index in [0.717, 1.165) is 6.07 Å². The molecule has 0 amide bonds. The minimum Gasteiger partial charge on any atom is -0.207 e. The predicted molar refractivity (Wildman–Crippen MR) is 42.9 cm³/mol. The lowest BCUT2D eigenvalue weighted by atomic mass is 10.3. The van der Waals surface area contributed by atoms with E-state index >= 15 is 0 Å². The molecule has 0 aromatic heterocycles. The molecule has 56 valence electrons. The first-order valence-electron chi connectivity index (χ1n) is 2.74. The first-order chi connectivity index (χ1) is 5.24. The Morgan fingerprint density at radius 1 is 1.55 bits per heavy atom. The zero-order chi connectivity index (χ0) is 8.27. The summed E-state index contributed by atoms with van der Waals surface area (Å²) in [7, 11) is 0. The molecule has 0 aliphatic rings. The van der Waals surface area contributed by atoms with E-state index in [4.69, 9.17) is 5.53 Å². The van der Waals surface area contributed by atoms with E-state index in [2.05, 4.69) is 26.0 Å². The second kappa shape index (κ2) is 3.37. The summed E-state index contributed by atoms with van der Waals surface area (Å²) in [5, 5.41) is 3.26. The maximum Gasteiger partial charge on any atom is 0.123 e. The Balaban J connectivity index is 3.22. The van der Waals surface area contributed by atoms with Gasteiger partial charge in [0.05, 0.1) is 5.69 Å². The Bertz CT molecular complexity index is 320. The van der Waals surface area contributed by atoms with Crippen LogP contribution in [0.4, 0.5) is 10.1 Å². The Labute approximate surface area is 70.6 Å². The van der Waals surface area contributed by atoms with E-state index in [1.807, 2.05) is 0 Å². The van der Waals surface area contributed by atoms with Crippen LogP contribution in [-0.2, 0) is 0 Å². The molecule has 3 nitrogen and oxygen atoms in total. The molecule has 1 rings (SSSR count). The van der Waals surface area contributed by atoms with Crippen LogP contribution in [0.3, 0.4) is 0 Å².